The van der Waals surface area contributed by atoms with E-state index >= 15 is 0 Å². The van der Waals surface area contributed by atoms with E-state index in [1.165, 1.54) is 18.4 Å². The second-order valence-electron chi connectivity index (χ2n) is 6.74. The van der Waals surface area contributed by atoms with Crippen molar-refractivity contribution in [1.29, 1.82) is 0 Å². The van der Waals surface area contributed by atoms with Gasteiger partial charge in [0.15, 0.2) is 0 Å². The molecule has 2 rings (SSSR count). The Bertz CT molecular complexity index is 393. The first kappa shape index (κ1) is 15.3. The summed E-state index contributed by atoms with van der Waals surface area (Å²) in [5, 5.41) is 3.46. The highest BCUT2D eigenvalue weighted by Crippen LogP contribution is 2.31. The van der Waals surface area contributed by atoms with Crippen LogP contribution in [0.1, 0.15) is 46.1 Å². The van der Waals surface area contributed by atoms with Crippen LogP contribution in [0.3, 0.4) is 0 Å². The molecule has 1 aliphatic carbocycles. The predicted molar refractivity (Wildman–Crippen MR) is 86.0 cm³/mol. The number of hydrogen-bond acceptors (Lipinski definition) is 3. The van der Waals surface area contributed by atoms with Gasteiger partial charge in [0.25, 0.3) is 0 Å². The van der Waals surface area contributed by atoms with Crippen molar-refractivity contribution >= 4 is 5.82 Å². The van der Waals surface area contributed by atoms with Gasteiger partial charge in [0.1, 0.15) is 5.82 Å². The molecular weight excluding hydrogens is 246 g/mol. The van der Waals surface area contributed by atoms with Crippen molar-refractivity contribution in [2.24, 2.45) is 11.8 Å². The Kier molecular flexibility index (Phi) is 5.41. The van der Waals surface area contributed by atoms with Crippen molar-refractivity contribution in [3.05, 3.63) is 23.9 Å². The van der Waals surface area contributed by atoms with E-state index in [-0.39, 0.29) is 0 Å². The second kappa shape index (κ2) is 7.07. The first-order chi connectivity index (χ1) is 9.56. The molecule has 1 aromatic heterocycles. The summed E-state index contributed by atoms with van der Waals surface area (Å²) in [5.74, 6) is 2.71. The molecule has 0 amide bonds. The van der Waals surface area contributed by atoms with Crippen molar-refractivity contribution < 1.29 is 0 Å². The highest BCUT2D eigenvalue weighted by atomic mass is 15.2. The van der Waals surface area contributed by atoms with Gasteiger partial charge in [-0.05, 0) is 56.7 Å². The van der Waals surface area contributed by atoms with Crippen LogP contribution in [0, 0.1) is 11.8 Å². The van der Waals surface area contributed by atoms with Gasteiger partial charge < -0.3 is 10.2 Å². The molecule has 3 nitrogen and oxygen atoms in total. The lowest BCUT2D eigenvalue weighted by Gasteiger charge is -2.28. The average molecular weight is 275 g/mol. The highest BCUT2D eigenvalue weighted by molar-refractivity contribution is 5.40. The Morgan fingerprint density at radius 3 is 2.50 bits per heavy atom. The smallest absolute Gasteiger partial charge is 0.128 e. The normalized spacial score (nSPS) is 15.1. The number of rotatable bonds is 8. The van der Waals surface area contributed by atoms with E-state index in [1.807, 2.05) is 6.20 Å². The minimum absolute atomic E-state index is 0.521. The molecule has 1 N–H and O–H groups in total. The van der Waals surface area contributed by atoms with Crippen LogP contribution >= 0.6 is 0 Å². The monoisotopic (exact) mass is 275 g/mol. The molecule has 0 unspecified atom stereocenters. The third-order valence-electron chi connectivity index (χ3n) is 3.76. The number of pyridine rings is 1. The summed E-state index contributed by atoms with van der Waals surface area (Å²) < 4.78 is 0. The minimum Gasteiger partial charge on any atom is -0.354 e. The third kappa shape index (κ3) is 4.78. The van der Waals surface area contributed by atoms with Crippen LogP contribution in [-0.4, -0.2) is 24.1 Å². The zero-order valence-electron chi connectivity index (χ0n) is 13.4. The Morgan fingerprint density at radius 2 is 2.00 bits per heavy atom. The maximum absolute atomic E-state index is 4.66. The molecule has 0 atom stereocenters. The Morgan fingerprint density at radius 1 is 1.25 bits per heavy atom. The zero-order valence-corrected chi connectivity index (χ0v) is 13.4. The molecule has 1 fully saturated rings. The highest BCUT2D eigenvalue weighted by Gasteiger charge is 2.26. The van der Waals surface area contributed by atoms with E-state index in [4.69, 9.17) is 0 Å². The lowest BCUT2D eigenvalue weighted by Crippen LogP contribution is -2.33. The summed E-state index contributed by atoms with van der Waals surface area (Å²) in [6.07, 6.45) is 4.80. The van der Waals surface area contributed by atoms with Gasteiger partial charge in [0.05, 0.1) is 0 Å². The number of nitrogens with one attached hydrogen (secondary N) is 1. The van der Waals surface area contributed by atoms with Crippen LogP contribution in [0.15, 0.2) is 18.3 Å². The molecule has 3 heteroatoms. The standard InChI is InChI=1S/C17H29N3/c1-13(2)9-18-10-16-7-8-17(19-11-16)20(14(3)4)12-15-5-6-15/h7-8,11,13-15,18H,5-6,9-10,12H2,1-4H3. The molecule has 1 aromatic rings. The lowest BCUT2D eigenvalue weighted by atomic mass is 10.2. The number of hydrogen-bond donors (Lipinski definition) is 1. The van der Waals surface area contributed by atoms with Gasteiger partial charge in [-0.3, -0.25) is 0 Å². The van der Waals surface area contributed by atoms with Crippen molar-refractivity contribution in [1.82, 2.24) is 10.3 Å². The first-order valence-corrected chi connectivity index (χ1v) is 7.98. The van der Waals surface area contributed by atoms with Gasteiger partial charge in [0.2, 0.25) is 0 Å². The van der Waals surface area contributed by atoms with Crippen LogP contribution < -0.4 is 10.2 Å². The van der Waals surface area contributed by atoms with Crippen LogP contribution in [0.4, 0.5) is 5.82 Å². The molecular formula is C17H29N3. The van der Waals surface area contributed by atoms with E-state index in [9.17, 15) is 0 Å². The number of anilines is 1. The molecule has 0 spiro atoms. The molecule has 0 radical (unpaired) electrons. The Balaban J connectivity index is 1.91. The van der Waals surface area contributed by atoms with Crippen molar-refractivity contribution in [3.8, 4) is 0 Å². The van der Waals surface area contributed by atoms with Gasteiger partial charge in [-0.15, -0.1) is 0 Å². The summed E-state index contributed by atoms with van der Waals surface area (Å²) in [6, 6.07) is 4.90. The zero-order chi connectivity index (χ0) is 14.5. The number of nitrogens with zero attached hydrogens (tertiary/aromatic N) is 2. The minimum atomic E-state index is 0.521. The lowest BCUT2D eigenvalue weighted by molar-refractivity contribution is 0.551. The van der Waals surface area contributed by atoms with Crippen molar-refractivity contribution in [2.75, 3.05) is 18.0 Å². The second-order valence-corrected chi connectivity index (χ2v) is 6.74. The molecule has 0 bridgehead atoms. The van der Waals surface area contributed by atoms with Gasteiger partial charge in [-0.25, -0.2) is 4.98 Å². The molecule has 1 heterocycles. The van der Waals surface area contributed by atoms with E-state index in [1.54, 1.807) is 0 Å². The quantitative estimate of drug-likeness (QED) is 0.787. The fourth-order valence-corrected chi connectivity index (χ4v) is 2.34. The van der Waals surface area contributed by atoms with Crippen molar-refractivity contribution in [2.45, 2.75) is 53.1 Å². The van der Waals surface area contributed by atoms with Gasteiger partial charge in [-0.1, -0.05) is 19.9 Å². The van der Waals surface area contributed by atoms with Crippen LogP contribution in [-0.2, 0) is 6.54 Å². The SMILES string of the molecule is CC(C)CNCc1ccc(N(CC2CC2)C(C)C)nc1. The molecule has 1 saturated carbocycles. The van der Waals surface area contributed by atoms with Crippen LogP contribution in [0.5, 0.6) is 0 Å². The molecule has 112 valence electrons. The fraction of sp³-hybridized carbons (Fsp3) is 0.706. The van der Waals surface area contributed by atoms with E-state index in [2.05, 4.69) is 55.0 Å². The summed E-state index contributed by atoms with van der Waals surface area (Å²) in [7, 11) is 0. The van der Waals surface area contributed by atoms with E-state index < -0.39 is 0 Å². The largest absolute Gasteiger partial charge is 0.354 e. The fourth-order valence-electron chi connectivity index (χ4n) is 2.34. The van der Waals surface area contributed by atoms with Gasteiger partial charge in [0, 0.05) is 25.3 Å². The summed E-state index contributed by atoms with van der Waals surface area (Å²) >= 11 is 0. The molecule has 20 heavy (non-hydrogen) atoms. The Labute approximate surface area is 123 Å². The van der Waals surface area contributed by atoms with Crippen LogP contribution in [0.2, 0.25) is 0 Å². The van der Waals surface area contributed by atoms with E-state index in [0.29, 0.717) is 12.0 Å². The average Bonchev–Trinajstić information content (AvgIpc) is 3.20. The summed E-state index contributed by atoms with van der Waals surface area (Å²) in [4.78, 5) is 7.10. The maximum atomic E-state index is 4.66. The third-order valence-corrected chi connectivity index (χ3v) is 3.76. The number of aromatic nitrogens is 1. The molecule has 0 saturated heterocycles. The van der Waals surface area contributed by atoms with Gasteiger partial charge >= 0.3 is 0 Å². The van der Waals surface area contributed by atoms with Crippen molar-refractivity contribution in [3.63, 3.8) is 0 Å². The molecule has 1 aliphatic rings. The van der Waals surface area contributed by atoms with Crippen LogP contribution in [0.25, 0.3) is 0 Å². The molecule has 0 aromatic carbocycles. The first-order valence-electron chi connectivity index (χ1n) is 7.98. The summed E-state index contributed by atoms with van der Waals surface area (Å²) in [5.41, 5.74) is 1.27. The topological polar surface area (TPSA) is 28.2 Å². The van der Waals surface area contributed by atoms with E-state index in [0.717, 1.165) is 31.4 Å². The van der Waals surface area contributed by atoms with Gasteiger partial charge in [-0.2, -0.15) is 0 Å². The molecule has 0 aliphatic heterocycles. The maximum Gasteiger partial charge on any atom is 0.128 e. The Hall–Kier alpha value is -1.09. The predicted octanol–water partition coefficient (Wildman–Crippen LogP) is 3.45. The summed E-state index contributed by atoms with van der Waals surface area (Å²) in [6.45, 7) is 12.1.